The van der Waals surface area contributed by atoms with Gasteiger partial charge in [-0.05, 0) is 31.9 Å². The van der Waals surface area contributed by atoms with Crippen molar-refractivity contribution in [2.45, 2.75) is 32.4 Å². The van der Waals surface area contributed by atoms with Crippen molar-refractivity contribution in [2.75, 3.05) is 13.7 Å². The standard InChI is InChI=1S/C16H19N3O3/c1-11-5-7-12(8-6-11)15-18-17-14(22-15)10-19(2)16(20)13-4-3-9-21-13/h5-8,13H,3-4,9-10H2,1-2H3/t13-/m0/s1. The summed E-state index contributed by atoms with van der Waals surface area (Å²) in [5, 5.41) is 8.05. The van der Waals surface area contributed by atoms with Crippen molar-refractivity contribution in [2.24, 2.45) is 0 Å². The quantitative estimate of drug-likeness (QED) is 0.866. The number of hydrogen-bond acceptors (Lipinski definition) is 5. The van der Waals surface area contributed by atoms with E-state index < -0.39 is 0 Å². The number of benzene rings is 1. The number of likely N-dealkylation sites (N-methyl/N-ethyl adjacent to an activating group) is 1. The molecular formula is C16H19N3O3. The summed E-state index contributed by atoms with van der Waals surface area (Å²) in [5.74, 6) is 0.852. The molecule has 116 valence electrons. The van der Waals surface area contributed by atoms with Crippen molar-refractivity contribution < 1.29 is 13.9 Å². The lowest BCUT2D eigenvalue weighted by molar-refractivity contribution is -0.140. The maximum absolute atomic E-state index is 12.2. The SMILES string of the molecule is Cc1ccc(-c2nnc(CN(C)C(=O)[C@@H]3CCCO3)o2)cc1. The van der Waals surface area contributed by atoms with E-state index in [0.717, 1.165) is 18.4 Å². The summed E-state index contributed by atoms with van der Waals surface area (Å²) >= 11 is 0. The Morgan fingerprint density at radius 3 is 2.77 bits per heavy atom. The molecule has 0 spiro atoms. The van der Waals surface area contributed by atoms with Gasteiger partial charge in [0.05, 0.1) is 6.54 Å². The fourth-order valence-electron chi connectivity index (χ4n) is 2.43. The van der Waals surface area contributed by atoms with E-state index in [-0.39, 0.29) is 18.6 Å². The number of aryl methyl sites for hydroxylation is 1. The minimum atomic E-state index is -0.329. The summed E-state index contributed by atoms with van der Waals surface area (Å²) < 4.78 is 11.0. The highest BCUT2D eigenvalue weighted by Crippen LogP contribution is 2.19. The molecule has 22 heavy (non-hydrogen) atoms. The van der Waals surface area contributed by atoms with Gasteiger partial charge in [-0.3, -0.25) is 4.79 Å². The largest absolute Gasteiger partial charge is 0.419 e. The van der Waals surface area contributed by atoms with Gasteiger partial charge in [-0.25, -0.2) is 0 Å². The van der Waals surface area contributed by atoms with E-state index >= 15 is 0 Å². The molecule has 0 unspecified atom stereocenters. The zero-order chi connectivity index (χ0) is 15.5. The van der Waals surface area contributed by atoms with Crippen molar-refractivity contribution in [1.82, 2.24) is 15.1 Å². The summed E-state index contributed by atoms with van der Waals surface area (Å²) in [5.41, 5.74) is 2.04. The number of ether oxygens (including phenoxy) is 1. The van der Waals surface area contributed by atoms with Gasteiger partial charge in [0.15, 0.2) is 0 Å². The normalized spacial score (nSPS) is 17.6. The van der Waals surface area contributed by atoms with Gasteiger partial charge in [-0.15, -0.1) is 10.2 Å². The summed E-state index contributed by atoms with van der Waals surface area (Å²) in [4.78, 5) is 13.7. The molecule has 0 radical (unpaired) electrons. The smallest absolute Gasteiger partial charge is 0.251 e. The predicted molar refractivity (Wildman–Crippen MR) is 79.9 cm³/mol. The molecule has 2 heterocycles. The van der Waals surface area contributed by atoms with Crippen molar-refractivity contribution in [3.63, 3.8) is 0 Å². The van der Waals surface area contributed by atoms with Crippen LogP contribution in [0, 0.1) is 6.92 Å². The minimum absolute atomic E-state index is 0.0346. The van der Waals surface area contributed by atoms with Crippen LogP contribution in [0.4, 0.5) is 0 Å². The molecule has 1 aliphatic heterocycles. The summed E-state index contributed by atoms with van der Waals surface area (Å²) in [7, 11) is 1.72. The Labute approximate surface area is 129 Å². The maximum atomic E-state index is 12.2. The van der Waals surface area contributed by atoms with Crippen molar-refractivity contribution >= 4 is 5.91 Å². The molecule has 0 N–H and O–H groups in total. The Kier molecular flexibility index (Phi) is 4.20. The van der Waals surface area contributed by atoms with Crippen molar-refractivity contribution in [1.29, 1.82) is 0 Å². The summed E-state index contributed by atoms with van der Waals surface area (Å²) in [6, 6.07) is 7.86. The Morgan fingerprint density at radius 2 is 2.09 bits per heavy atom. The molecule has 6 heteroatoms. The predicted octanol–water partition coefficient (Wildman–Crippen LogP) is 2.18. The van der Waals surface area contributed by atoms with Crippen LogP contribution >= 0.6 is 0 Å². The molecule has 1 aromatic carbocycles. The van der Waals surface area contributed by atoms with E-state index in [0.29, 0.717) is 18.4 Å². The van der Waals surface area contributed by atoms with E-state index in [1.165, 1.54) is 5.56 Å². The van der Waals surface area contributed by atoms with Crippen molar-refractivity contribution in [3.8, 4) is 11.5 Å². The molecule has 1 atom stereocenters. The molecule has 2 aromatic rings. The van der Waals surface area contributed by atoms with Gasteiger partial charge in [0.1, 0.15) is 6.10 Å². The average Bonchev–Trinajstić information content (AvgIpc) is 3.18. The molecule has 0 bridgehead atoms. The Hall–Kier alpha value is -2.21. The molecule has 3 rings (SSSR count). The van der Waals surface area contributed by atoms with Crippen LogP contribution in [0.15, 0.2) is 28.7 Å². The van der Waals surface area contributed by atoms with Gasteiger partial charge in [-0.2, -0.15) is 0 Å². The number of carbonyl (C=O) groups is 1. The zero-order valence-corrected chi connectivity index (χ0v) is 12.8. The molecule has 6 nitrogen and oxygen atoms in total. The van der Waals surface area contributed by atoms with E-state index in [4.69, 9.17) is 9.15 Å². The molecule has 0 saturated carbocycles. The van der Waals surface area contributed by atoms with Crippen LogP contribution in [0.2, 0.25) is 0 Å². The first-order valence-corrected chi connectivity index (χ1v) is 7.39. The lowest BCUT2D eigenvalue weighted by atomic mass is 10.1. The monoisotopic (exact) mass is 301 g/mol. The van der Waals surface area contributed by atoms with Gasteiger partial charge >= 0.3 is 0 Å². The molecular weight excluding hydrogens is 282 g/mol. The van der Waals surface area contributed by atoms with E-state index in [1.54, 1.807) is 11.9 Å². The average molecular weight is 301 g/mol. The van der Waals surface area contributed by atoms with Crippen LogP contribution in [0.5, 0.6) is 0 Å². The molecule has 1 amide bonds. The molecule has 1 aliphatic rings. The Balaban J connectivity index is 1.66. The second-order valence-electron chi connectivity index (χ2n) is 5.56. The molecule has 1 aromatic heterocycles. The van der Waals surface area contributed by atoms with E-state index in [2.05, 4.69) is 10.2 Å². The zero-order valence-electron chi connectivity index (χ0n) is 12.8. The Bertz CT molecular complexity index is 645. The third-order valence-corrected chi connectivity index (χ3v) is 3.72. The van der Waals surface area contributed by atoms with Crippen LogP contribution in [-0.4, -0.2) is 40.8 Å². The van der Waals surface area contributed by atoms with Crippen LogP contribution in [0.25, 0.3) is 11.5 Å². The highest BCUT2D eigenvalue weighted by atomic mass is 16.5. The first-order chi connectivity index (χ1) is 10.6. The number of aromatic nitrogens is 2. The molecule has 1 saturated heterocycles. The first kappa shape index (κ1) is 14.7. The first-order valence-electron chi connectivity index (χ1n) is 7.39. The van der Waals surface area contributed by atoms with E-state index in [1.807, 2.05) is 31.2 Å². The lowest BCUT2D eigenvalue weighted by Gasteiger charge is -2.18. The van der Waals surface area contributed by atoms with Crippen LogP contribution in [0.1, 0.15) is 24.3 Å². The highest BCUT2D eigenvalue weighted by molar-refractivity contribution is 5.80. The maximum Gasteiger partial charge on any atom is 0.251 e. The fraction of sp³-hybridized carbons (Fsp3) is 0.438. The third kappa shape index (κ3) is 3.17. The van der Waals surface area contributed by atoms with Gasteiger partial charge in [-0.1, -0.05) is 17.7 Å². The van der Waals surface area contributed by atoms with Gasteiger partial charge < -0.3 is 14.1 Å². The van der Waals surface area contributed by atoms with Gasteiger partial charge in [0.25, 0.3) is 5.91 Å². The number of hydrogen-bond donors (Lipinski definition) is 0. The van der Waals surface area contributed by atoms with Gasteiger partial charge in [0, 0.05) is 19.2 Å². The lowest BCUT2D eigenvalue weighted by Crippen LogP contribution is -2.35. The second kappa shape index (κ2) is 6.27. The third-order valence-electron chi connectivity index (χ3n) is 3.72. The number of carbonyl (C=O) groups excluding carboxylic acids is 1. The molecule has 1 fully saturated rings. The van der Waals surface area contributed by atoms with Gasteiger partial charge in [0.2, 0.25) is 11.8 Å². The number of nitrogens with zero attached hydrogens (tertiary/aromatic N) is 3. The van der Waals surface area contributed by atoms with Crippen LogP contribution < -0.4 is 0 Å². The van der Waals surface area contributed by atoms with E-state index in [9.17, 15) is 4.79 Å². The number of amides is 1. The van der Waals surface area contributed by atoms with Crippen LogP contribution in [0.3, 0.4) is 0 Å². The molecule has 0 aliphatic carbocycles. The fourth-order valence-corrected chi connectivity index (χ4v) is 2.43. The summed E-state index contributed by atoms with van der Waals surface area (Å²) in [6.45, 7) is 2.97. The Morgan fingerprint density at radius 1 is 1.32 bits per heavy atom. The topological polar surface area (TPSA) is 68.5 Å². The van der Waals surface area contributed by atoms with Crippen LogP contribution in [-0.2, 0) is 16.1 Å². The number of rotatable bonds is 4. The second-order valence-corrected chi connectivity index (χ2v) is 5.56. The van der Waals surface area contributed by atoms with Crippen molar-refractivity contribution in [3.05, 3.63) is 35.7 Å². The highest BCUT2D eigenvalue weighted by Gasteiger charge is 2.27. The minimum Gasteiger partial charge on any atom is -0.419 e. The summed E-state index contributed by atoms with van der Waals surface area (Å²) in [6.07, 6.45) is 1.38.